The molecule has 1 atom stereocenters. The van der Waals surface area contributed by atoms with Gasteiger partial charge in [0.2, 0.25) is 11.8 Å². The Bertz CT molecular complexity index is 757. The first-order valence-electron chi connectivity index (χ1n) is 9.16. The van der Waals surface area contributed by atoms with Crippen LogP contribution in [0.5, 0.6) is 0 Å². The highest BCUT2D eigenvalue weighted by Gasteiger charge is 2.32. The minimum Gasteiger partial charge on any atom is -0.326 e. The van der Waals surface area contributed by atoms with E-state index >= 15 is 0 Å². The van der Waals surface area contributed by atoms with Gasteiger partial charge in [-0.1, -0.05) is 47.0 Å². The van der Waals surface area contributed by atoms with Crippen molar-refractivity contribution in [3.8, 4) is 0 Å². The summed E-state index contributed by atoms with van der Waals surface area (Å²) in [6.07, 6.45) is 6.21. The van der Waals surface area contributed by atoms with Crippen LogP contribution in [0.15, 0.2) is 38.9 Å². The fourth-order valence-electron chi connectivity index (χ4n) is 3.23. The highest BCUT2D eigenvalue weighted by atomic mass is 79.9. The van der Waals surface area contributed by atoms with Gasteiger partial charge in [-0.25, -0.2) is 0 Å². The van der Waals surface area contributed by atoms with Crippen LogP contribution in [-0.2, 0) is 9.59 Å². The molecule has 0 aromatic heterocycles. The maximum Gasteiger partial charge on any atom is 0.240 e. The van der Waals surface area contributed by atoms with Gasteiger partial charge >= 0.3 is 0 Å². The number of carbonyl (C=O) groups is 2. The third-order valence-corrected chi connectivity index (χ3v) is 6.37. The number of hydrogen-bond donors (Lipinski definition) is 2. The second-order valence-electron chi connectivity index (χ2n) is 6.84. The Balaban J connectivity index is 1.53. The summed E-state index contributed by atoms with van der Waals surface area (Å²) < 4.78 is 0.941. The highest BCUT2D eigenvalue weighted by molar-refractivity contribution is 9.10. The molecule has 2 N–H and O–H groups in total. The molecule has 1 saturated heterocycles. The lowest BCUT2D eigenvalue weighted by Gasteiger charge is -2.20. The molecular weight excluding hydrogens is 428 g/mol. The quantitative estimate of drug-likeness (QED) is 0.517. The van der Waals surface area contributed by atoms with Gasteiger partial charge in [0.05, 0.1) is 0 Å². The van der Waals surface area contributed by atoms with E-state index in [1.165, 1.54) is 43.9 Å². The first-order chi connectivity index (χ1) is 13.0. The summed E-state index contributed by atoms with van der Waals surface area (Å²) in [5.41, 5.74) is 1.72. The van der Waals surface area contributed by atoms with E-state index in [-0.39, 0.29) is 18.2 Å². The Morgan fingerprint density at radius 1 is 1.26 bits per heavy atom. The summed E-state index contributed by atoms with van der Waals surface area (Å²) in [4.78, 5) is 24.3. The number of amidine groups is 1. The van der Waals surface area contributed by atoms with Crippen LogP contribution < -0.4 is 10.6 Å². The lowest BCUT2D eigenvalue weighted by molar-refractivity contribution is -0.122. The second kappa shape index (κ2) is 9.50. The SMILES string of the molecule is C/C(=N/N=C1\NC(=O)[C@@H](CC(=O)Nc2ccc(Br)cc2)S1)C1CCCCC1. The Morgan fingerprint density at radius 3 is 2.67 bits per heavy atom. The first-order valence-corrected chi connectivity index (χ1v) is 10.8. The van der Waals surface area contributed by atoms with Crippen molar-refractivity contribution in [1.82, 2.24) is 5.32 Å². The lowest BCUT2D eigenvalue weighted by atomic mass is 9.86. The van der Waals surface area contributed by atoms with Gasteiger partial charge in [0, 0.05) is 22.3 Å². The maximum absolute atomic E-state index is 12.2. The molecule has 0 bridgehead atoms. The molecule has 0 unspecified atom stereocenters. The molecule has 1 aliphatic heterocycles. The topological polar surface area (TPSA) is 82.9 Å². The van der Waals surface area contributed by atoms with E-state index in [1.54, 1.807) is 12.1 Å². The molecule has 1 heterocycles. The average molecular weight is 451 g/mol. The standard InChI is InChI=1S/C19H23BrN4O2S/c1-12(13-5-3-2-4-6-13)23-24-19-22-18(26)16(27-19)11-17(25)21-15-9-7-14(20)8-10-15/h7-10,13,16H,2-6,11H2,1H3,(H,21,25)(H,22,24,26)/b23-12-/t16-/m1/s1. The van der Waals surface area contributed by atoms with E-state index in [0.717, 1.165) is 10.2 Å². The van der Waals surface area contributed by atoms with Crippen LogP contribution in [0.25, 0.3) is 0 Å². The van der Waals surface area contributed by atoms with E-state index in [9.17, 15) is 9.59 Å². The number of nitrogens with zero attached hydrogens (tertiary/aromatic N) is 2. The maximum atomic E-state index is 12.2. The summed E-state index contributed by atoms with van der Waals surface area (Å²) in [5.74, 6) is 0.0982. The summed E-state index contributed by atoms with van der Waals surface area (Å²) in [7, 11) is 0. The van der Waals surface area contributed by atoms with Crippen LogP contribution in [0.2, 0.25) is 0 Å². The largest absolute Gasteiger partial charge is 0.326 e. The fourth-order valence-corrected chi connectivity index (χ4v) is 4.41. The molecule has 144 valence electrons. The fraction of sp³-hybridized carbons (Fsp3) is 0.474. The van der Waals surface area contributed by atoms with Crippen molar-refractivity contribution in [3.63, 3.8) is 0 Å². The predicted octanol–water partition coefficient (Wildman–Crippen LogP) is 4.32. The van der Waals surface area contributed by atoms with Crippen LogP contribution in [0.4, 0.5) is 5.69 Å². The minimum absolute atomic E-state index is 0.0942. The predicted molar refractivity (Wildman–Crippen MR) is 114 cm³/mol. The normalized spacial score (nSPS) is 22.7. The van der Waals surface area contributed by atoms with Crippen molar-refractivity contribution in [2.75, 3.05) is 5.32 Å². The molecule has 0 spiro atoms. The van der Waals surface area contributed by atoms with Crippen LogP contribution >= 0.6 is 27.7 Å². The number of amides is 2. The van der Waals surface area contributed by atoms with Crippen LogP contribution in [0.3, 0.4) is 0 Å². The molecule has 8 heteroatoms. The zero-order valence-electron chi connectivity index (χ0n) is 15.2. The average Bonchev–Trinajstić information content (AvgIpc) is 3.01. The van der Waals surface area contributed by atoms with Gasteiger partial charge in [-0.15, -0.1) is 5.10 Å². The number of hydrogen-bond acceptors (Lipinski definition) is 5. The second-order valence-corrected chi connectivity index (χ2v) is 8.94. The van der Waals surface area contributed by atoms with Gasteiger partial charge in [-0.2, -0.15) is 5.10 Å². The molecule has 1 aromatic rings. The highest BCUT2D eigenvalue weighted by Crippen LogP contribution is 2.26. The Morgan fingerprint density at radius 2 is 1.96 bits per heavy atom. The summed E-state index contributed by atoms with van der Waals surface area (Å²) >= 11 is 4.62. The van der Waals surface area contributed by atoms with E-state index in [1.807, 2.05) is 19.1 Å². The van der Waals surface area contributed by atoms with Crippen molar-refractivity contribution in [2.45, 2.75) is 50.7 Å². The van der Waals surface area contributed by atoms with Crippen molar-refractivity contribution < 1.29 is 9.59 Å². The zero-order chi connectivity index (χ0) is 19.2. The summed E-state index contributed by atoms with van der Waals surface area (Å²) in [6, 6.07) is 7.31. The van der Waals surface area contributed by atoms with Crippen LogP contribution in [0, 0.1) is 5.92 Å². The monoisotopic (exact) mass is 450 g/mol. The van der Waals surface area contributed by atoms with E-state index in [2.05, 4.69) is 36.8 Å². The van der Waals surface area contributed by atoms with Gasteiger partial charge in [-0.05, 0) is 49.9 Å². The van der Waals surface area contributed by atoms with Crippen LogP contribution in [0.1, 0.15) is 45.4 Å². The van der Waals surface area contributed by atoms with Gasteiger partial charge < -0.3 is 10.6 Å². The summed E-state index contributed by atoms with van der Waals surface area (Å²) in [5, 5.41) is 14.0. The van der Waals surface area contributed by atoms with Crippen LogP contribution in [-0.4, -0.2) is 27.9 Å². The number of nitrogens with one attached hydrogen (secondary N) is 2. The molecule has 6 nitrogen and oxygen atoms in total. The molecule has 0 radical (unpaired) electrons. The Labute approximate surface area is 171 Å². The van der Waals surface area contributed by atoms with Crippen molar-refractivity contribution >= 4 is 56.1 Å². The summed E-state index contributed by atoms with van der Waals surface area (Å²) in [6.45, 7) is 2.00. The minimum atomic E-state index is -0.482. The van der Waals surface area contributed by atoms with Gasteiger partial charge in [0.15, 0.2) is 5.17 Å². The molecule has 2 amide bonds. The number of anilines is 1. The smallest absolute Gasteiger partial charge is 0.240 e. The third-order valence-electron chi connectivity index (χ3n) is 4.77. The Kier molecular flexibility index (Phi) is 7.07. The molecular formula is C19H23BrN4O2S. The third kappa shape index (κ3) is 5.90. The molecule has 27 heavy (non-hydrogen) atoms. The number of benzene rings is 1. The number of halogens is 1. The van der Waals surface area contributed by atoms with Gasteiger partial charge in [-0.3, -0.25) is 9.59 Å². The van der Waals surface area contributed by atoms with E-state index in [0.29, 0.717) is 16.8 Å². The molecule has 1 aromatic carbocycles. The molecule has 2 fully saturated rings. The first kappa shape index (κ1) is 20.1. The molecule has 1 aliphatic carbocycles. The number of thioether (sulfide) groups is 1. The lowest BCUT2D eigenvalue weighted by Crippen LogP contribution is -2.28. The van der Waals surface area contributed by atoms with Gasteiger partial charge in [0.25, 0.3) is 0 Å². The van der Waals surface area contributed by atoms with Gasteiger partial charge in [0.1, 0.15) is 5.25 Å². The van der Waals surface area contributed by atoms with Crippen molar-refractivity contribution in [3.05, 3.63) is 28.7 Å². The van der Waals surface area contributed by atoms with Crippen molar-refractivity contribution in [1.29, 1.82) is 0 Å². The molecule has 1 saturated carbocycles. The van der Waals surface area contributed by atoms with E-state index < -0.39 is 5.25 Å². The number of carbonyl (C=O) groups excluding carboxylic acids is 2. The molecule has 2 aliphatic rings. The van der Waals surface area contributed by atoms with E-state index in [4.69, 9.17) is 0 Å². The molecule has 3 rings (SSSR count). The Hall–Kier alpha value is -1.67. The zero-order valence-corrected chi connectivity index (χ0v) is 17.6. The van der Waals surface area contributed by atoms with Crippen molar-refractivity contribution in [2.24, 2.45) is 16.1 Å². The number of rotatable bonds is 5.